The number of piperazine rings is 1. The van der Waals surface area contributed by atoms with Crippen molar-refractivity contribution >= 4 is 61.5 Å². The van der Waals surface area contributed by atoms with Crippen LogP contribution < -0.4 is 5.32 Å². The van der Waals surface area contributed by atoms with Crippen molar-refractivity contribution in [3.05, 3.63) is 56.5 Å². The van der Waals surface area contributed by atoms with Gasteiger partial charge in [0, 0.05) is 76.4 Å². The van der Waals surface area contributed by atoms with Gasteiger partial charge in [0.05, 0.1) is 15.6 Å². The molecule has 0 radical (unpaired) electrons. The molecule has 2 N–H and O–H groups in total. The SMILES string of the molecule is CCOC(=O)CC1CCC(N2CCN(C(=O)C(Cc3cc(Br)c(O)c(Br)c3)OC(=O)N3CCC(N4CCc5ccccc5NC4=O)CC3)CC2)CC1. The Bertz CT molecular complexity index is 1580. The molecule has 3 fully saturated rings. The number of nitrogens with one attached hydrogen (secondary N) is 1. The lowest BCUT2D eigenvalue weighted by Gasteiger charge is -2.42. The topological polar surface area (TPSA) is 132 Å². The number of aromatic hydroxyl groups is 1. The van der Waals surface area contributed by atoms with E-state index in [2.05, 4.69) is 42.1 Å². The van der Waals surface area contributed by atoms with Crippen molar-refractivity contribution in [2.24, 2.45) is 5.92 Å². The second-order valence-corrected chi connectivity index (χ2v) is 16.0. The Kier molecular flexibility index (Phi) is 13.0. The van der Waals surface area contributed by atoms with Gasteiger partial charge in [-0.1, -0.05) is 18.2 Å². The van der Waals surface area contributed by atoms with Crippen LogP contribution in [0.3, 0.4) is 0 Å². The van der Waals surface area contributed by atoms with Crippen molar-refractivity contribution in [3.8, 4) is 5.75 Å². The van der Waals surface area contributed by atoms with Crippen LogP contribution in [0.15, 0.2) is 45.3 Å². The fourth-order valence-electron chi connectivity index (χ4n) is 8.10. The van der Waals surface area contributed by atoms with E-state index < -0.39 is 12.2 Å². The second kappa shape index (κ2) is 17.6. The molecular formula is C38H49Br2N5O7. The van der Waals surface area contributed by atoms with Gasteiger partial charge < -0.3 is 34.6 Å². The number of piperidine rings is 1. The highest BCUT2D eigenvalue weighted by atomic mass is 79.9. The molecule has 14 heteroatoms. The van der Waals surface area contributed by atoms with Crippen molar-refractivity contribution < 1.29 is 33.8 Å². The predicted molar refractivity (Wildman–Crippen MR) is 203 cm³/mol. The Balaban J connectivity index is 1.05. The Morgan fingerprint density at radius 3 is 2.23 bits per heavy atom. The van der Waals surface area contributed by atoms with E-state index in [0.717, 1.165) is 62.0 Å². The molecule has 2 saturated heterocycles. The number of halogens is 2. The largest absolute Gasteiger partial charge is 0.506 e. The van der Waals surface area contributed by atoms with Gasteiger partial charge in [-0.25, -0.2) is 9.59 Å². The number of para-hydroxylation sites is 1. The normalized spacial score (nSPS) is 22.2. The highest BCUT2D eigenvalue weighted by molar-refractivity contribution is 9.11. The molecule has 1 unspecified atom stereocenters. The lowest BCUT2D eigenvalue weighted by molar-refractivity contribution is -0.144. The molecular weight excluding hydrogens is 798 g/mol. The average molecular weight is 848 g/mol. The van der Waals surface area contributed by atoms with Gasteiger partial charge in [-0.15, -0.1) is 0 Å². The molecule has 1 aliphatic carbocycles. The molecule has 3 aliphatic heterocycles. The van der Waals surface area contributed by atoms with Crippen LogP contribution in [0.5, 0.6) is 5.75 Å². The van der Waals surface area contributed by atoms with Crippen molar-refractivity contribution in [1.82, 2.24) is 19.6 Å². The van der Waals surface area contributed by atoms with Crippen molar-refractivity contribution in [3.63, 3.8) is 0 Å². The van der Waals surface area contributed by atoms with E-state index in [0.29, 0.717) is 79.5 Å². The first-order chi connectivity index (χ1) is 25.1. The number of phenolic OH excluding ortho intramolecular Hbond substituents is 1. The summed E-state index contributed by atoms with van der Waals surface area (Å²) in [6, 6.07) is 11.6. The molecule has 4 amide bonds. The number of fused-ring (bicyclic) bond motifs is 1. The first-order valence-electron chi connectivity index (χ1n) is 18.6. The van der Waals surface area contributed by atoms with Crippen LogP contribution in [-0.4, -0.2) is 119 Å². The van der Waals surface area contributed by atoms with E-state index in [-0.39, 0.29) is 36.1 Å². The number of anilines is 1. The van der Waals surface area contributed by atoms with Gasteiger partial charge in [0.25, 0.3) is 5.91 Å². The van der Waals surface area contributed by atoms with E-state index in [1.165, 1.54) is 0 Å². The maximum Gasteiger partial charge on any atom is 0.410 e. The van der Waals surface area contributed by atoms with Crippen LogP contribution in [-0.2, 0) is 31.9 Å². The Morgan fingerprint density at radius 1 is 0.885 bits per heavy atom. The number of rotatable bonds is 9. The summed E-state index contributed by atoms with van der Waals surface area (Å²) >= 11 is 6.77. The van der Waals surface area contributed by atoms with Crippen molar-refractivity contribution in [1.29, 1.82) is 0 Å². The number of esters is 1. The molecule has 2 aromatic rings. The summed E-state index contributed by atoms with van der Waals surface area (Å²) in [6.07, 6.45) is 5.07. The van der Waals surface area contributed by atoms with Crippen molar-refractivity contribution in [2.75, 3.05) is 57.7 Å². The maximum atomic E-state index is 14.1. The van der Waals surface area contributed by atoms with E-state index in [4.69, 9.17) is 9.47 Å². The fourth-order valence-corrected chi connectivity index (χ4v) is 9.39. The molecule has 0 aromatic heterocycles. The van der Waals surface area contributed by atoms with Crippen LogP contribution in [0.1, 0.15) is 63.0 Å². The molecule has 1 atom stereocenters. The van der Waals surface area contributed by atoms with E-state index >= 15 is 0 Å². The molecule has 0 spiro atoms. The number of likely N-dealkylation sites (tertiary alicyclic amines) is 1. The summed E-state index contributed by atoms with van der Waals surface area (Å²) in [6.45, 7) is 6.22. The molecule has 0 bridgehead atoms. The Morgan fingerprint density at radius 2 is 1.56 bits per heavy atom. The summed E-state index contributed by atoms with van der Waals surface area (Å²) in [5.74, 6) is 0.0751. The van der Waals surface area contributed by atoms with E-state index in [1.807, 2.05) is 36.1 Å². The fraction of sp³-hybridized carbons (Fsp3) is 0.579. The molecule has 2 aromatic carbocycles. The minimum absolute atomic E-state index is 0.00796. The number of hydrogen-bond acceptors (Lipinski definition) is 8. The van der Waals surface area contributed by atoms with Gasteiger partial charge in [0.2, 0.25) is 0 Å². The number of urea groups is 1. The van der Waals surface area contributed by atoms with Gasteiger partial charge in [0.1, 0.15) is 5.75 Å². The van der Waals surface area contributed by atoms with Crippen LogP contribution in [0.2, 0.25) is 0 Å². The minimum atomic E-state index is -1.05. The zero-order valence-electron chi connectivity index (χ0n) is 29.7. The quantitative estimate of drug-likeness (QED) is 0.287. The maximum absolute atomic E-state index is 14.1. The third-order valence-corrected chi connectivity index (χ3v) is 12.2. The van der Waals surface area contributed by atoms with Crippen LogP contribution in [0, 0.1) is 5.92 Å². The zero-order valence-corrected chi connectivity index (χ0v) is 32.9. The first-order valence-corrected chi connectivity index (χ1v) is 20.1. The van der Waals surface area contributed by atoms with Gasteiger partial charge in [-0.3, -0.25) is 14.5 Å². The number of nitrogens with zero attached hydrogens (tertiary/aromatic N) is 4. The van der Waals surface area contributed by atoms with Crippen LogP contribution >= 0.6 is 31.9 Å². The number of amides is 4. The van der Waals surface area contributed by atoms with Crippen LogP contribution in [0.4, 0.5) is 15.3 Å². The van der Waals surface area contributed by atoms with Gasteiger partial charge in [-0.05, 0) is 119 Å². The first kappa shape index (κ1) is 38.4. The van der Waals surface area contributed by atoms with E-state index in [9.17, 15) is 24.3 Å². The van der Waals surface area contributed by atoms with Gasteiger partial charge >= 0.3 is 18.1 Å². The monoisotopic (exact) mass is 845 g/mol. The third kappa shape index (κ3) is 9.40. The molecule has 1 saturated carbocycles. The standard InChI is InChI=1S/C38H49Br2N5O7/c1-2-51-34(46)24-25-7-9-28(10-8-25)42-17-19-43(20-18-42)36(48)33(23-26-21-30(39)35(47)31(40)22-26)52-38(50)44-14-12-29(13-15-44)45-16-11-27-5-3-4-6-32(27)41-37(45)49/h3-6,21-22,25,28-29,33,47H,2,7-20,23-24H2,1H3,(H,41,49). The van der Waals surface area contributed by atoms with Gasteiger partial charge in [-0.2, -0.15) is 0 Å². The summed E-state index contributed by atoms with van der Waals surface area (Å²) < 4.78 is 12.1. The molecule has 282 valence electrons. The van der Waals surface area contributed by atoms with Crippen LogP contribution in [0.25, 0.3) is 0 Å². The highest BCUT2D eigenvalue weighted by Crippen LogP contribution is 2.35. The molecule has 6 rings (SSSR count). The Hall–Kier alpha value is -3.36. The molecule has 12 nitrogen and oxygen atoms in total. The summed E-state index contributed by atoms with van der Waals surface area (Å²) in [7, 11) is 0. The number of carbonyl (C=O) groups excluding carboxylic acids is 4. The molecule has 52 heavy (non-hydrogen) atoms. The zero-order chi connectivity index (χ0) is 36.8. The van der Waals surface area contributed by atoms with Gasteiger partial charge in [0.15, 0.2) is 6.10 Å². The average Bonchev–Trinajstić information content (AvgIpc) is 3.31. The smallest absolute Gasteiger partial charge is 0.410 e. The number of hydrogen-bond donors (Lipinski definition) is 2. The highest BCUT2D eigenvalue weighted by Gasteiger charge is 2.37. The number of benzene rings is 2. The second-order valence-electron chi connectivity index (χ2n) is 14.3. The molecule has 4 aliphatic rings. The summed E-state index contributed by atoms with van der Waals surface area (Å²) in [5.41, 5.74) is 2.68. The van der Waals surface area contributed by atoms with Crippen molar-refractivity contribution in [2.45, 2.75) is 82.9 Å². The lowest BCUT2D eigenvalue weighted by Crippen LogP contribution is -2.55. The number of phenols is 1. The summed E-state index contributed by atoms with van der Waals surface area (Å²) in [5, 5.41) is 13.3. The number of carbonyl (C=O) groups is 4. The predicted octanol–water partition coefficient (Wildman–Crippen LogP) is 6.18. The minimum Gasteiger partial charge on any atom is -0.506 e. The lowest BCUT2D eigenvalue weighted by atomic mass is 9.83. The summed E-state index contributed by atoms with van der Waals surface area (Å²) in [4.78, 5) is 60.6. The molecule has 3 heterocycles. The third-order valence-electron chi connectivity index (χ3n) is 11.0. The van der Waals surface area contributed by atoms with E-state index in [1.54, 1.807) is 21.9 Å². The Labute approximate surface area is 322 Å². The number of ether oxygens (including phenoxy) is 2.